The molecule has 5 nitrogen and oxygen atoms in total. The molecule has 0 fully saturated rings. The maximum atomic E-state index is 12.2. The van der Waals surface area contributed by atoms with Crippen molar-refractivity contribution in [2.24, 2.45) is 0 Å². The second kappa shape index (κ2) is 9.73. The fourth-order valence-corrected chi connectivity index (χ4v) is 2.67. The Hall–Kier alpha value is -2.66. The standard InChI is InChI=1S/C21H27N3O2/c1-16-8-7-11-19(17(16)2)23-21(26)15-24(3)14-20(25)22-13-12-18-9-5-4-6-10-18/h4-11H,12-15H2,1-3H3,(H,22,25)(H,23,26). The van der Waals surface area contributed by atoms with Crippen molar-refractivity contribution >= 4 is 17.5 Å². The number of likely N-dealkylation sites (N-methyl/N-ethyl adjacent to an activating group) is 1. The number of nitrogens with one attached hydrogen (secondary N) is 2. The summed E-state index contributed by atoms with van der Waals surface area (Å²) in [6.45, 7) is 4.94. The molecule has 0 spiro atoms. The van der Waals surface area contributed by atoms with Crippen LogP contribution in [0.15, 0.2) is 48.5 Å². The van der Waals surface area contributed by atoms with E-state index >= 15 is 0 Å². The van der Waals surface area contributed by atoms with Crippen molar-refractivity contribution in [2.45, 2.75) is 20.3 Å². The van der Waals surface area contributed by atoms with Gasteiger partial charge in [0.15, 0.2) is 0 Å². The topological polar surface area (TPSA) is 61.4 Å². The number of rotatable bonds is 8. The molecule has 0 aliphatic carbocycles. The lowest BCUT2D eigenvalue weighted by atomic mass is 10.1. The van der Waals surface area contributed by atoms with Crippen LogP contribution < -0.4 is 10.6 Å². The Balaban J connectivity index is 1.71. The molecule has 0 aromatic heterocycles. The minimum atomic E-state index is -0.127. The van der Waals surface area contributed by atoms with Crippen LogP contribution in [0.5, 0.6) is 0 Å². The first-order valence-corrected chi connectivity index (χ1v) is 8.81. The van der Waals surface area contributed by atoms with Crippen LogP contribution in [-0.2, 0) is 16.0 Å². The normalized spacial score (nSPS) is 10.6. The second-order valence-corrected chi connectivity index (χ2v) is 6.55. The summed E-state index contributed by atoms with van der Waals surface area (Å²) < 4.78 is 0. The molecule has 2 rings (SSSR count). The summed E-state index contributed by atoms with van der Waals surface area (Å²) in [4.78, 5) is 25.9. The number of nitrogens with zero attached hydrogens (tertiary/aromatic N) is 1. The van der Waals surface area contributed by atoms with Gasteiger partial charge in [-0.3, -0.25) is 14.5 Å². The number of aryl methyl sites for hydroxylation is 1. The van der Waals surface area contributed by atoms with E-state index in [1.165, 1.54) is 5.56 Å². The average Bonchev–Trinajstić information content (AvgIpc) is 2.59. The number of hydrogen-bond acceptors (Lipinski definition) is 3. The van der Waals surface area contributed by atoms with Crippen LogP contribution in [0.25, 0.3) is 0 Å². The SMILES string of the molecule is Cc1cccc(NC(=O)CN(C)CC(=O)NCCc2ccccc2)c1C. The fourth-order valence-electron chi connectivity index (χ4n) is 2.67. The highest BCUT2D eigenvalue weighted by Gasteiger charge is 2.12. The second-order valence-electron chi connectivity index (χ2n) is 6.55. The van der Waals surface area contributed by atoms with Crippen molar-refractivity contribution in [3.63, 3.8) is 0 Å². The number of amides is 2. The van der Waals surface area contributed by atoms with E-state index in [0.29, 0.717) is 6.54 Å². The summed E-state index contributed by atoms with van der Waals surface area (Å²) in [5.74, 6) is -0.207. The molecule has 0 aliphatic heterocycles. The summed E-state index contributed by atoms with van der Waals surface area (Å²) in [7, 11) is 1.76. The molecule has 0 saturated carbocycles. The molecule has 0 bridgehead atoms. The van der Waals surface area contributed by atoms with E-state index in [0.717, 1.165) is 23.2 Å². The molecule has 0 unspecified atom stereocenters. The molecule has 0 atom stereocenters. The summed E-state index contributed by atoms with van der Waals surface area (Å²) >= 11 is 0. The number of anilines is 1. The van der Waals surface area contributed by atoms with E-state index in [2.05, 4.69) is 10.6 Å². The molecule has 0 aliphatic rings. The molecule has 2 amide bonds. The van der Waals surface area contributed by atoms with Gasteiger partial charge in [-0.1, -0.05) is 42.5 Å². The molecule has 2 aromatic carbocycles. The molecule has 138 valence electrons. The Kier molecular flexibility index (Phi) is 7.36. The molecule has 2 N–H and O–H groups in total. The zero-order valence-corrected chi connectivity index (χ0v) is 15.7. The quantitative estimate of drug-likeness (QED) is 0.767. The Morgan fingerprint density at radius 2 is 1.62 bits per heavy atom. The van der Waals surface area contributed by atoms with E-state index in [1.807, 2.05) is 62.4 Å². The lowest BCUT2D eigenvalue weighted by molar-refractivity contribution is -0.122. The fraction of sp³-hybridized carbons (Fsp3) is 0.333. The Morgan fingerprint density at radius 1 is 0.923 bits per heavy atom. The minimum Gasteiger partial charge on any atom is -0.355 e. The molecular formula is C21H27N3O2. The first kappa shape index (κ1) is 19.7. The van der Waals surface area contributed by atoms with Crippen LogP contribution >= 0.6 is 0 Å². The first-order chi connectivity index (χ1) is 12.5. The highest BCUT2D eigenvalue weighted by Crippen LogP contribution is 2.17. The first-order valence-electron chi connectivity index (χ1n) is 8.81. The average molecular weight is 353 g/mol. The maximum absolute atomic E-state index is 12.2. The molecule has 0 saturated heterocycles. The molecular weight excluding hydrogens is 326 g/mol. The summed E-state index contributed by atoms with van der Waals surface area (Å²) in [5, 5.41) is 5.80. The molecule has 26 heavy (non-hydrogen) atoms. The monoisotopic (exact) mass is 353 g/mol. The van der Waals surface area contributed by atoms with E-state index < -0.39 is 0 Å². The van der Waals surface area contributed by atoms with Crippen molar-refractivity contribution in [1.29, 1.82) is 0 Å². The van der Waals surface area contributed by atoms with Gasteiger partial charge < -0.3 is 10.6 Å². The maximum Gasteiger partial charge on any atom is 0.238 e. The lowest BCUT2D eigenvalue weighted by Gasteiger charge is -2.17. The number of hydrogen-bond donors (Lipinski definition) is 2. The largest absolute Gasteiger partial charge is 0.355 e. The van der Waals surface area contributed by atoms with Crippen molar-refractivity contribution in [3.8, 4) is 0 Å². The van der Waals surface area contributed by atoms with Gasteiger partial charge in [0.05, 0.1) is 13.1 Å². The number of carbonyl (C=O) groups excluding carboxylic acids is 2. The molecule has 0 radical (unpaired) electrons. The number of benzene rings is 2. The molecule has 0 heterocycles. The van der Waals surface area contributed by atoms with Gasteiger partial charge in [-0.25, -0.2) is 0 Å². The Bertz CT molecular complexity index is 744. The van der Waals surface area contributed by atoms with Gasteiger partial charge in [0.25, 0.3) is 0 Å². The molecule has 2 aromatic rings. The van der Waals surface area contributed by atoms with Gasteiger partial charge in [0, 0.05) is 12.2 Å². The van der Waals surface area contributed by atoms with Crippen molar-refractivity contribution < 1.29 is 9.59 Å². The summed E-state index contributed by atoms with van der Waals surface area (Å²) in [6.07, 6.45) is 0.795. The summed E-state index contributed by atoms with van der Waals surface area (Å²) in [5.41, 5.74) is 4.20. The van der Waals surface area contributed by atoms with Crippen LogP contribution in [0, 0.1) is 13.8 Å². The third kappa shape index (κ3) is 6.33. The van der Waals surface area contributed by atoms with E-state index in [1.54, 1.807) is 11.9 Å². The van der Waals surface area contributed by atoms with Gasteiger partial charge in [-0.15, -0.1) is 0 Å². The number of carbonyl (C=O) groups is 2. The Morgan fingerprint density at radius 3 is 2.35 bits per heavy atom. The highest BCUT2D eigenvalue weighted by molar-refractivity contribution is 5.93. The van der Waals surface area contributed by atoms with Gasteiger partial charge in [-0.2, -0.15) is 0 Å². The Labute approximate surface area is 155 Å². The third-order valence-electron chi connectivity index (χ3n) is 4.28. The predicted octanol–water partition coefficient (Wildman–Crippen LogP) is 2.53. The highest BCUT2D eigenvalue weighted by atomic mass is 16.2. The van der Waals surface area contributed by atoms with Crippen molar-refractivity contribution in [3.05, 3.63) is 65.2 Å². The van der Waals surface area contributed by atoms with Crippen LogP contribution in [0.1, 0.15) is 16.7 Å². The van der Waals surface area contributed by atoms with Crippen LogP contribution in [0.4, 0.5) is 5.69 Å². The molecule has 5 heteroatoms. The minimum absolute atomic E-state index is 0.0806. The zero-order valence-electron chi connectivity index (χ0n) is 15.7. The van der Waals surface area contributed by atoms with E-state index in [4.69, 9.17) is 0 Å². The predicted molar refractivity (Wildman–Crippen MR) is 105 cm³/mol. The summed E-state index contributed by atoms with van der Waals surface area (Å²) in [6, 6.07) is 15.8. The smallest absolute Gasteiger partial charge is 0.238 e. The van der Waals surface area contributed by atoms with Crippen LogP contribution in [-0.4, -0.2) is 43.4 Å². The van der Waals surface area contributed by atoms with Gasteiger partial charge in [0.2, 0.25) is 11.8 Å². The lowest BCUT2D eigenvalue weighted by Crippen LogP contribution is -2.39. The van der Waals surface area contributed by atoms with E-state index in [9.17, 15) is 9.59 Å². The van der Waals surface area contributed by atoms with Crippen LogP contribution in [0.3, 0.4) is 0 Å². The van der Waals surface area contributed by atoms with E-state index in [-0.39, 0.29) is 24.9 Å². The van der Waals surface area contributed by atoms with Gasteiger partial charge in [0.1, 0.15) is 0 Å². The van der Waals surface area contributed by atoms with Crippen molar-refractivity contribution in [2.75, 3.05) is 32.0 Å². The zero-order chi connectivity index (χ0) is 18.9. The van der Waals surface area contributed by atoms with Gasteiger partial charge >= 0.3 is 0 Å². The van der Waals surface area contributed by atoms with Gasteiger partial charge in [-0.05, 0) is 50.1 Å². The van der Waals surface area contributed by atoms with Crippen LogP contribution in [0.2, 0.25) is 0 Å². The van der Waals surface area contributed by atoms with Crippen molar-refractivity contribution in [1.82, 2.24) is 10.2 Å². The third-order valence-corrected chi connectivity index (χ3v) is 4.28.